The molecule has 2 aromatic carbocycles. The van der Waals surface area contributed by atoms with Gasteiger partial charge in [0.1, 0.15) is 5.75 Å². The number of benzene rings is 2. The van der Waals surface area contributed by atoms with Gasteiger partial charge < -0.3 is 15.4 Å². The van der Waals surface area contributed by atoms with Crippen LogP contribution < -0.4 is 15.4 Å². The van der Waals surface area contributed by atoms with Gasteiger partial charge in [-0.15, -0.1) is 0 Å². The molecule has 2 N–H and O–H groups in total. The Hall–Kier alpha value is -2.86. The first-order valence-electron chi connectivity index (χ1n) is 9.61. The third kappa shape index (κ3) is 5.57. The summed E-state index contributed by atoms with van der Waals surface area (Å²) in [6.45, 7) is 2.06. The van der Waals surface area contributed by atoms with Crippen LogP contribution in [0.5, 0.6) is 5.75 Å². The zero-order valence-corrected chi connectivity index (χ0v) is 16.2. The molecule has 0 aliphatic carbocycles. The lowest BCUT2D eigenvalue weighted by Gasteiger charge is -2.23. The van der Waals surface area contributed by atoms with Crippen molar-refractivity contribution in [3.8, 4) is 5.75 Å². The summed E-state index contributed by atoms with van der Waals surface area (Å²) in [7, 11) is 1.62. The van der Waals surface area contributed by atoms with Crippen molar-refractivity contribution < 1.29 is 14.3 Å². The highest BCUT2D eigenvalue weighted by Gasteiger charge is 2.30. The van der Waals surface area contributed by atoms with Gasteiger partial charge in [-0.2, -0.15) is 0 Å². The van der Waals surface area contributed by atoms with Crippen LogP contribution in [0.4, 0.5) is 0 Å². The highest BCUT2D eigenvalue weighted by molar-refractivity contribution is 5.87. The Morgan fingerprint density at radius 3 is 2.50 bits per heavy atom. The van der Waals surface area contributed by atoms with Crippen molar-refractivity contribution in [1.82, 2.24) is 15.5 Å². The molecule has 0 radical (unpaired) electrons. The van der Waals surface area contributed by atoms with Crippen molar-refractivity contribution in [2.75, 3.05) is 20.2 Å². The Kier molecular flexibility index (Phi) is 7.03. The van der Waals surface area contributed by atoms with Crippen molar-refractivity contribution in [2.24, 2.45) is 0 Å². The van der Waals surface area contributed by atoms with Crippen molar-refractivity contribution >= 4 is 11.8 Å². The van der Waals surface area contributed by atoms with Crippen LogP contribution in [0.2, 0.25) is 0 Å². The summed E-state index contributed by atoms with van der Waals surface area (Å²) in [5.41, 5.74) is 2.17. The Bertz CT molecular complexity index is 777. The van der Waals surface area contributed by atoms with Gasteiger partial charge in [-0.1, -0.05) is 42.5 Å². The van der Waals surface area contributed by atoms with E-state index in [-0.39, 0.29) is 24.4 Å². The highest BCUT2D eigenvalue weighted by Crippen LogP contribution is 2.20. The number of nitrogens with zero attached hydrogens (tertiary/aromatic N) is 1. The van der Waals surface area contributed by atoms with Crippen molar-refractivity contribution in [3.63, 3.8) is 0 Å². The molecule has 1 heterocycles. The molecular weight excluding hydrogens is 354 g/mol. The lowest BCUT2D eigenvalue weighted by Crippen LogP contribution is -2.46. The van der Waals surface area contributed by atoms with E-state index in [9.17, 15) is 9.59 Å². The third-order valence-corrected chi connectivity index (χ3v) is 4.97. The predicted octanol–water partition coefficient (Wildman–Crippen LogP) is 2.09. The van der Waals surface area contributed by atoms with Gasteiger partial charge in [0.05, 0.1) is 19.7 Å². The molecule has 3 rings (SSSR count). The van der Waals surface area contributed by atoms with Crippen LogP contribution in [0.3, 0.4) is 0 Å². The van der Waals surface area contributed by atoms with Crippen LogP contribution in [0.1, 0.15) is 24.0 Å². The molecule has 1 aliphatic heterocycles. The molecule has 0 aromatic heterocycles. The number of carbonyl (C=O) groups excluding carboxylic acids is 2. The average Bonchev–Trinajstić information content (AvgIpc) is 3.19. The Labute approximate surface area is 165 Å². The Morgan fingerprint density at radius 1 is 1.04 bits per heavy atom. The fourth-order valence-electron chi connectivity index (χ4n) is 3.42. The molecule has 1 aliphatic rings. The first kappa shape index (κ1) is 19.9. The number of likely N-dealkylation sites (tertiary alicyclic amines) is 1. The summed E-state index contributed by atoms with van der Waals surface area (Å²) >= 11 is 0. The van der Waals surface area contributed by atoms with Crippen LogP contribution in [0.15, 0.2) is 54.6 Å². The van der Waals surface area contributed by atoms with E-state index in [1.165, 1.54) is 5.56 Å². The molecule has 6 nitrogen and oxygen atoms in total. The topological polar surface area (TPSA) is 70.7 Å². The van der Waals surface area contributed by atoms with Crippen LogP contribution in [-0.2, 0) is 22.7 Å². The summed E-state index contributed by atoms with van der Waals surface area (Å²) in [6, 6.07) is 17.5. The van der Waals surface area contributed by atoms with E-state index in [1.807, 2.05) is 42.5 Å². The lowest BCUT2D eigenvalue weighted by atomic mass is 10.1. The smallest absolute Gasteiger partial charge is 0.239 e. The maximum atomic E-state index is 12.5. The van der Waals surface area contributed by atoms with Crippen LogP contribution in [0, 0.1) is 0 Å². The molecule has 1 atom stereocenters. The van der Waals surface area contributed by atoms with Gasteiger partial charge in [-0.25, -0.2) is 0 Å². The highest BCUT2D eigenvalue weighted by atomic mass is 16.5. The lowest BCUT2D eigenvalue weighted by molar-refractivity contribution is -0.129. The number of carbonyl (C=O) groups is 2. The summed E-state index contributed by atoms with van der Waals surface area (Å²) in [5, 5.41) is 5.61. The van der Waals surface area contributed by atoms with Crippen LogP contribution in [0.25, 0.3) is 0 Å². The maximum Gasteiger partial charge on any atom is 0.239 e. The number of ether oxygens (including phenoxy) is 1. The molecule has 1 fully saturated rings. The monoisotopic (exact) mass is 381 g/mol. The number of rotatable bonds is 8. The molecule has 0 bridgehead atoms. The second-order valence-corrected chi connectivity index (χ2v) is 6.96. The van der Waals surface area contributed by atoms with Gasteiger partial charge >= 0.3 is 0 Å². The van der Waals surface area contributed by atoms with Crippen molar-refractivity contribution in [1.29, 1.82) is 0 Å². The van der Waals surface area contributed by atoms with E-state index in [4.69, 9.17) is 4.74 Å². The summed E-state index contributed by atoms with van der Waals surface area (Å²) in [6.07, 6.45) is 1.82. The molecule has 148 valence electrons. The summed E-state index contributed by atoms with van der Waals surface area (Å²) in [5.74, 6) is 0.503. The first-order valence-corrected chi connectivity index (χ1v) is 9.61. The van der Waals surface area contributed by atoms with E-state index >= 15 is 0 Å². The molecule has 0 saturated carbocycles. The largest absolute Gasteiger partial charge is 0.497 e. The standard InChI is InChI=1S/C22H27N3O3/c1-28-19-11-9-17(10-12-19)14-23-21(26)15-24-22(27)20-8-5-13-25(20)16-18-6-3-2-4-7-18/h2-4,6-7,9-12,20H,5,8,13-16H2,1H3,(H,23,26)(H,24,27). The number of methoxy groups -OCH3 is 1. The molecule has 2 amide bonds. The molecule has 0 spiro atoms. The fraction of sp³-hybridized carbons (Fsp3) is 0.364. The van der Waals surface area contributed by atoms with Crippen LogP contribution >= 0.6 is 0 Å². The van der Waals surface area contributed by atoms with E-state index in [2.05, 4.69) is 27.7 Å². The summed E-state index contributed by atoms with van der Waals surface area (Å²) < 4.78 is 5.12. The zero-order valence-electron chi connectivity index (χ0n) is 16.2. The van der Waals surface area contributed by atoms with Gasteiger partial charge in [0.2, 0.25) is 11.8 Å². The van der Waals surface area contributed by atoms with Gasteiger partial charge in [0.25, 0.3) is 0 Å². The molecule has 2 aromatic rings. The van der Waals surface area contributed by atoms with E-state index in [0.29, 0.717) is 6.54 Å². The average molecular weight is 381 g/mol. The van der Waals surface area contributed by atoms with E-state index in [0.717, 1.165) is 37.2 Å². The zero-order chi connectivity index (χ0) is 19.8. The van der Waals surface area contributed by atoms with Crippen molar-refractivity contribution in [2.45, 2.75) is 32.0 Å². The predicted molar refractivity (Wildman–Crippen MR) is 108 cm³/mol. The van der Waals surface area contributed by atoms with Gasteiger partial charge in [0.15, 0.2) is 0 Å². The number of hydrogen-bond acceptors (Lipinski definition) is 4. The van der Waals surface area contributed by atoms with Gasteiger partial charge in [-0.05, 0) is 42.6 Å². The molecule has 1 saturated heterocycles. The maximum absolute atomic E-state index is 12.5. The first-order chi connectivity index (χ1) is 13.7. The normalized spacial score (nSPS) is 16.5. The van der Waals surface area contributed by atoms with Crippen LogP contribution in [-0.4, -0.2) is 43.0 Å². The third-order valence-electron chi connectivity index (χ3n) is 4.97. The Balaban J connectivity index is 1.42. The Morgan fingerprint density at radius 2 is 1.79 bits per heavy atom. The molecular formula is C22H27N3O3. The fourth-order valence-corrected chi connectivity index (χ4v) is 3.42. The van der Waals surface area contributed by atoms with E-state index in [1.54, 1.807) is 7.11 Å². The number of hydrogen-bond donors (Lipinski definition) is 2. The van der Waals surface area contributed by atoms with E-state index < -0.39 is 0 Å². The number of nitrogens with one attached hydrogen (secondary N) is 2. The quantitative estimate of drug-likeness (QED) is 0.735. The minimum absolute atomic E-state index is 0.00926. The molecule has 1 unspecified atom stereocenters. The molecule has 6 heteroatoms. The van der Waals surface area contributed by atoms with Gasteiger partial charge in [-0.3, -0.25) is 14.5 Å². The summed E-state index contributed by atoms with van der Waals surface area (Å²) in [4.78, 5) is 26.8. The second kappa shape index (κ2) is 9.90. The molecule has 28 heavy (non-hydrogen) atoms. The minimum atomic E-state index is -0.197. The second-order valence-electron chi connectivity index (χ2n) is 6.96. The van der Waals surface area contributed by atoms with Gasteiger partial charge in [0, 0.05) is 13.1 Å². The number of amides is 2. The SMILES string of the molecule is COc1ccc(CNC(=O)CNC(=O)C2CCCN2Cc2ccccc2)cc1. The minimum Gasteiger partial charge on any atom is -0.497 e. The van der Waals surface area contributed by atoms with Crippen molar-refractivity contribution in [3.05, 3.63) is 65.7 Å².